The number of hydrogen-bond donors (Lipinski definition) is 6. The predicted octanol–water partition coefficient (Wildman–Crippen LogP) is -2.03. The summed E-state index contributed by atoms with van der Waals surface area (Å²) in [6.07, 6.45) is 4.03. The van der Waals surface area contributed by atoms with E-state index in [9.17, 15) is 29.4 Å². The Morgan fingerprint density at radius 3 is 2.55 bits per heavy atom. The van der Waals surface area contributed by atoms with Gasteiger partial charge in [-0.2, -0.15) is 0 Å². The fourth-order valence-corrected chi connectivity index (χ4v) is 3.43. The first-order valence-electron chi connectivity index (χ1n) is 10.1. The van der Waals surface area contributed by atoms with E-state index in [-0.39, 0.29) is 18.9 Å². The molecule has 0 spiro atoms. The van der Waals surface area contributed by atoms with Gasteiger partial charge >= 0.3 is 5.97 Å². The first-order chi connectivity index (χ1) is 14.6. The van der Waals surface area contributed by atoms with Gasteiger partial charge in [-0.25, -0.2) is 9.78 Å². The van der Waals surface area contributed by atoms with Crippen LogP contribution in [0.1, 0.15) is 32.4 Å². The highest BCUT2D eigenvalue weighted by atomic mass is 16.4. The lowest BCUT2D eigenvalue weighted by molar-refractivity contribution is -0.150. The highest BCUT2D eigenvalue weighted by Gasteiger charge is 2.39. The van der Waals surface area contributed by atoms with Crippen molar-refractivity contribution in [2.75, 3.05) is 13.2 Å². The maximum atomic E-state index is 12.9. The first-order valence-corrected chi connectivity index (χ1v) is 10.1. The minimum absolute atomic E-state index is 0.157. The molecule has 7 N–H and O–H groups in total. The molecule has 0 saturated carbocycles. The number of carbonyl (C=O) groups excluding carboxylic acids is 3. The third-order valence-electron chi connectivity index (χ3n) is 5.20. The Kier molecular flexibility index (Phi) is 8.51. The minimum atomic E-state index is -1.32. The molecule has 12 heteroatoms. The highest BCUT2D eigenvalue weighted by molar-refractivity contribution is 5.94. The van der Waals surface area contributed by atoms with Crippen molar-refractivity contribution in [1.29, 1.82) is 0 Å². The van der Waals surface area contributed by atoms with Gasteiger partial charge in [0.05, 0.1) is 19.0 Å². The Bertz CT molecular complexity index is 783. The van der Waals surface area contributed by atoms with E-state index < -0.39 is 54.5 Å². The van der Waals surface area contributed by atoms with Crippen LogP contribution < -0.4 is 16.4 Å². The largest absolute Gasteiger partial charge is 0.480 e. The Morgan fingerprint density at radius 1 is 1.29 bits per heavy atom. The van der Waals surface area contributed by atoms with Crippen LogP contribution in [0.5, 0.6) is 0 Å². The number of aromatic nitrogens is 2. The van der Waals surface area contributed by atoms with Gasteiger partial charge in [-0.05, 0) is 18.8 Å². The molecule has 12 nitrogen and oxygen atoms in total. The maximum absolute atomic E-state index is 12.9. The van der Waals surface area contributed by atoms with Gasteiger partial charge in [-0.15, -0.1) is 0 Å². The minimum Gasteiger partial charge on any atom is -0.480 e. The number of nitrogens with one attached hydrogen (secondary N) is 3. The number of nitrogens with zero attached hydrogens (tertiary/aromatic N) is 2. The average molecular weight is 438 g/mol. The molecule has 4 atom stereocenters. The van der Waals surface area contributed by atoms with Gasteiger partial charge in [0.2, 0.25) is 17.7 Å². The van der Waals surface area contributed by atoms with Gasteiger partial charge in [0.1, 0.15) is 18.1 Å². The van der Waals surface area contributed by atoms with Gasteiger partial charge in [0.25, 0.3) is 0 Å². The number of aliphatic carboxylic acids is 1. The Balaban J connectivity index is 2.01. The lowest BCUT2D eigenvalue weighted by Gasteiger charge is -2.30. The monoisotopic (exact) mass is 438 g/mol. The summed E-state index contributed by atoms with van der Waals surface area (Å²) < 4.78 is 0. The number of amides is 3. The fourth-order valence-electron chi connectivity index (χ4n) is 3.43. The van der Waals surface area contributed by atoms with Crippen molar-refractivity contribution in [1.82, 2.24) is 25.5 Å². The molecule has 4 unspecified atom stereocenters. The summed E-state index contributed by atoms with van der Waals surface area (Å²) in [5, 5.41) is 23.8. The average Bonchev–Trinajstić information content (AvgIpc) is 3.40. The fraction of sp³-hybridized carbons (Fsp3) is 0.632. The van der Waals surface area contributed by atoms with Gasteiger partial charge in [0.15, 0.2) is 0 Å². The smallest absolute Gasteiger partial charge is 0.326 e. The van der Waals surface area contributed by atoms with Crippen molar-refractivity contribution in [2.45, 2.75) is 57.3 Å². The Labute approximate surface area is 179 Å². The van der Waals surface area contributed by atoms with Gasteiger partial charge in [-0.3, -0.25) is 14.4 Å². The maximum Gasteiger partial charge on any atom is 0.326 e. The standard InChI is InChI=1S/C19H30N6O6/c1-10(2)15(18(29)25-5-3-4-14(25)19(30)31)24-17(28)13(8-26)23-16(27)12(20)6-11-7-21-9-22-11/h7,9-10,12-15,26H,3-6,8,20H2,1-2H3,(H,21,22)(H,23,27)(H,24,28)(H,30,31). The third kappa shape index (κ3) is 6.25. The molecule has 0 aromatic carbocycles. The molecule has 1 aliphatic heterocycles. The normalized spacial score (nSPS) is 19.0. The molecule has 0 aliphatic carbocycles. The van der Waals surface area contributed by atoms with Gasteiger partial charge in [-0.1, -0.05) is 13.8 Å². The molecule has 1 saturated heterocycles. The quantitative estimate of drug-likeness (QED) is 0.241. The number of carboxylic acid groups (broad SMARTS) is 1. The summed E-state index contributed by atoms with van der Waals surface area (Å²) in [5.74, 6) is -3.35. The predicted molar refractivity (Wildman–Crippen MR) is 108 cm³/mol. The molecule has 2 heterocycles. The number of aromatic amines is 1. The van der Waals surface area contributed by atoms with Crippen molar-refractivity contribution < 1.29 is 29.4 Å². The molecule has 1 aromatic heterocycles. The molecule has 0 bridgehead atoms. The zero-order valence-corrected chi connectivity index (χ0v) is 17.6. The highest BCUT2D eigenvalue weighted by Crippen LogP contribution is 2.20. The molecule has 2 rings (SSSR count). The number of carbonyl (C=O) groups is 4. The van der Waals surface area contributed by atoms with Crippen LogP contribution in [0.2, 0.25) is 0 Å². The molecular formula is C19H30N6O6. The lowest BCUT2D eigenvalue weighted by atomic mass is 10.0. The number of rotatable bonds is 10. The van der Waals surface area contributed by atoms with Crippen LogP contribution in [0.4, 0.5) is 0 Å². The topological polar surface area (TPSA) is 191 Å². The van der Waals surface area contributed by atoms with Crippen LogP contribution in [-0.2, 0) is 25.6 Å². The molecule has 1 aromatic rings. The van der Waals surface area contributed by atoms with Crippen LogP contribution >= 0.6 is 0 Å². The second-order valence-electron chi connectivity index (χ2n) is 7.89. The number of hydrogen-bond acceptors (Lipinski definition) is 7. The molecule has 3 amide bonds. The van der Waals surface area contributed by atoms with Crippen molar-refractivity contribution in [2.24, 2.45) is 11.7 Å². The van der Waals surface area contributed by atoms with Crippen molar-refractivity contribution in [3.05, 3.63) is 18.2 Å². The molecular weight excluding hydrogens is 408 g/mol. The van der Waals surface area contributed by atoms with Crippen LogP contribution in [0, 0.1) is 5.92 Å². The van der Waals surface area contributed by atoms with E-state index in [1.807, 2.05) is 0 Å². The summed E-state index contributed by atoms with van der Waals surface area (Å²) in [6, 6.07) is -4.23. The number of carboxylic acids is 1. The van der Waals surface area contributed by atoms with Crippen molar-refractivity contribution >= 4 is 23.7 Å². The van der Waals surface area contributed by atoms with Crippen LogP contribution in [-0.4, -0.2) is 86.1 Å². The van der Waals surface area contributed by atoms with Crippen LogP contribution in [0.3, 0.4) is 0 Å². The molecule has 31 heavy (non-hydrogen) atoms. The lowest BCUT2D eigenvalue weighted by Crippen LogP contribution is -2.59. The summed E-state index contributed by atoms with van der Waals surface area (Å²) in [6.45, 7) is 3.01. The van der Waals surface area contributed by atoms with Crippen LogP contribution in [0.15, 0.2) is 12.5 Å². The number of aliphatic hydroxyl groups excluding tert-OH is 1. The van der Waals surface area contributed by atoms with Crippen molar-refractivity contribution in [3.8, 4) is 0 Å². The molecule has 1 aliphatic rings. The summed E-state index contributed by atoms with van der Waals surface area (Å²) in [4.78, 5) is 57.2. The first kappa shape index (κ1) is 24.3. The molecule has 0 radical (unpaired) electrons. The number of likely N-dealkylation sites (tertiary alicyclic amines) is 1. The van der Waals surface area contributed by atoms with Gasteiger partial charge in [0, 0.05) is 24.9 Å². The van der Waals surface area contributed by atoms with Gasteiger partial charge < -0.3 is 36.5 Å². The molecule has 172 valence electrons. The number of imidazole rings is 1. The number of H-pyrrole nitrogens is 1. The molecule has 1 fully saturated rings. The second-order valence-corrected chi connectivity index (χ2v) is 7.89. The zero-order valence-electron chi connectivity index (χ0n) is 17.6. The SMILES string of the molecule is CC(C)C(NC(=O)C(CO)NC(=O)C(N)Cc1cnc[nH]1)C(=O)N1CCCC1C(=O)O. The summed E-state index contributed by atoms with van der Waals surface area (Å²) >= 11 is 0. The van der Waals surface area contributed by atoms with E-state index >= 15 is 0 Å². The van der Waals surface area contributed by atoms with Crippen molar-refractivity contribution in [3.63, 3.8) is 0 Å². The zero-order chi connectivity index (χ0) is 23.1. The van der Waals surface area contributed by atoms with E-state index in [0.717, 1.165) is 0 Å². The number of nitrogens with two attached hydrogens (primary N) is 1. The second kappa shape index (κ2) is 10.9. The Hall–Kier alpha value is -2.99. The summed E-state index contributed by atoms with van der Waals surface area (Å²) in [7, 11) is 0. The van der Waals surface area contributed by atoms with Crippen LogP contribution in [0.25, 0.3) is 0 Å². The summed E-state index contributed by atoms with van der Waals surface area (Å²) in [5.41, 5.74) is 6.48. The van der Waals surface area contributed by atoms with E-state index in [4.69, 9.17) is 5.73 Å². The number of aliphatic hydroxyl groups is 1. The Morgan fingerprint density at radius 2 is 2.00 bits per heavy atom. The van der Waals surface area contributed by atoms with E-state index in [1.165, 1.54) is 17.4 Å². The van der Waals surface area contributed by atoms with E-state index in [1.54, 1.807) is 13.8 Å². The van der Waals surface area contributed by atoms with E-state index in [2.05, 4.69) is 20.6 Å². The van der Waals surface area contributed by atoms with E-state index in [0.29, 0.717) is 18.5 Å². The third-order valence-corrected chi connectivity index (χ3v) is 5.20.